The average Bonchev–Trinajstić information content (AvgIpc) is 2.70. The Morgan fingerprint density at radius 3 is 2.53 bits per heavy atom. The highest BCUT2D eigenvalue weighted by molar-refractivity contribution is 6.10. The highest BCUT2D eigenvalue weighted by atomic mass is 16.2. The SMILES string of the molecule is CC(=O)Nc1ccc2c(ccc3nc4cccc(C(=O)NCCN(C)C)c4nc32)c1. The minimum atomic E-state index is -0.163. The fraction of sp³-hybridized carbons (Fsp3) is 0.217. The summed E-state index contributed by atoms with van der Waals surface area (Å²) in [6.07, 6.45) is 0. The van der Waals surface area contributed by atoms with Crippen LogP contribution in [0, 0.1) is 0 Å². The number of carbonyl (C=O) groups is 2. The third-order valence-electron chi connectivity index (χ3n) is 4.86. The maximum Gasteiger partial charge on any atom is 0.253 e. The first kappa shape index (κ1) is 19.7. The minimum absolute atomic E-state index is 0.120. The van der Waals surface area contributed by atoms with E-state index in [0.29, 0.717) is 23.1 Å². The lowest BCUT2D eigenvalue weighted by Gasteiger charge is -2.12. The Balaban J connectivity index is 1.81. The summed E-state index contributed by atoms with van der Waals surface area (Å²) in [4.78, 5) is 35.7. The number of hydrogen-bond donors (Lipinski definition) is 2. The first-order valence-corrected chi connectivity index (χ1v) is 9.76. The lowest BCUT2D eigenvalue weighted by molar-refractivity contribution is -0.114. The van der Waals surface area contributed by atoms with Crippen molar-refractivity contribution in [3.05, 3.63) is 54.1 Å². The average molecular weight is 401 g/mol. The fourth-order valence-corrected chi connectivity index (χ4v) is 3.44. The molecule has 152 valence electrons. The van der Waals surface area contributed by atoms with Crippen molar-refractivity contribution >= 4 is 50.3 Å². The summed E-state index contributed by atoms with van der Waals surface area (Å²) in [6.45, 7) is 2.79. The van der Waals surface area contributed by atoms with E-state index in [1.54, 1.807) is 6.07 Å². The van der Waals surface area contributed by atoms with Crippen LogP contribution >= 0.6 is 0 Å². The van der Waals surface area contributed by atoms with Crippen molar-refractivity contribution in [2.75, 3.05) is 32.5 Å². The predicted octanol–water partition coefficient (Wildman–Crippen LogP) is 3.19. The maximum atomic E-state index is 12.7. The van der Waals surface area contributed by atoms with Gasteiger partial charge in [-0.3, -0.25) is 9.59 Å². The van der Waals surface area contributed by atoms with Crippen molar-refractivity contribution in [1.29, 1.82) is 0 Å². The van der Waals surface area contributed by atoms with Gasteiger partial charge in [0.15, 0.2) is 0 Å². The molecule has 30 heavy (non-hydrogen) atoms. The van der Waals surface area contributed by atoms with Gasteiger partial charge >= 0.3 is 0 Å². The van der Waals surface area contributed by atoms with E-state index in [4.69, 9.17) is 9.97 Å². The van der Waals surface area contributed by atoms with E-state index in [-0.39, 0.29) is 11.8 Å². The van der Waals surface area contributed by atoms with Gasteiger partial charge in [0.25, 0.3) is 5.91 Å². The summed E-state index contributed by atoms with van der Waals surface area (Å²) < 4.78 is 0. The molecule has 0 radical (unpaired) electrons. The van der Waals surface area contributed by atoms with Crippen molar-refractivity contribution in [1.82, 2.24) is 20.2 Å². The molecule has 0 saturated carbocycles. The zero-order valence-corrected chi connectivity index (χ0v) is 17.2. The number of anilines is 1. The molecule has 0 aliphatic rings. The molecule has 0 saturated heterocycles. The highest BCUT2D eigenvalue weighted by Crippen LogP contribution is 2.28. The van der Waals surface area contributed by atoms with Gasteiger partial charge in [-0.25, -0.2) is 9.97 Å². The number of amides is 2. The number of carbonyl (C=O) groups excluding carboxylic acids is 2. The molecular weight excluding hydrogens is 378 g/mol. The number of para-hydroxylation sites is 1. The van der Waals surface area contributed by atoms with Gasteiger partial charge in [-0.2, -0.15) is 0 Å². The predicted molar refractivity (Wildman–Crippen MR) is 120 cm³/mol. The first-order valence-electron chi connectivity index (χ1n) is 9.76. The summed E-state index contributed by atoms with van der Waals surface area (Å²) in [5.41, 5.74) is 3.97. The van der Waals surface area contributed by atoms with E-state index in [1.165, 1.54) is 6.92 Å². The molecule has 2 amide bonds. The standard InChI is InChI=1S/C23H23N5O2/c1-14(29)25-16-8-9-17-15(13-16)7-10-20-21(17)27-22-18(5-4-6-19(22)26-20)23(30)24-11-12-28(2)3/h4-10,13H,11-12H2,1-3H3,(H,24,30)(H,25,29). The molecule has 0 unspecified atom stereocenters. The topological polar surface area (TPSA) is 87.2 Å². The second kappa shape index (κ2) is 8.04. The molecule has 1 heterocycles. The number of aromatic nitrogens is 2. The Morgan fingerprint density at radius 2 is 1.77 bits per heavy atom. The fourth-order valence-electron chi connectivity index (χ4n) is 3.44. The van der Waals surface area contributed by atoms with E-state index >= 15 is 0 Å². The van der Waals surface area contributed by atoms with Gasteiger partial charge in [-0.05, 0) is 49.8 Å². The summed E-state index contributed by atoms with van der Waals surface area (Å²) in [5.74, 6) is -0.282. The molecule has 4 rings (SSSR count). The van der Waals surface area contributed by atoms with Crippen LogP contribution in [-0.2, 0) is 4.79 Å². The van der Waals surface area contributed by atoms with Gasteiger partial charge in [0, 0.05) is 31.1 Å². The molecule has 7 heteroatoms. The van der Waals surface area contributed by atoms with Crippen LogP contribution in [-0.4, -0.2) is 53.9 Å². The number of rotatable bonds is 5. The highest BCUT2D eigenvalue weighted by Gasteiger charge is 2.14. The molecular formula is C23H23N5O2. The van der Waals surface area contributed by atoms with Gasteiger partial charge in [-0.1, -0.05) is 18.2 Å². The second-order valence-corrected chi connectivity index (χ2v) is 7.51. The van der Waals surface area contributed by atoms with Crippen molar-refractivity contribution in [3.63, 3.8) is 0 Å². The summed E-state index contributed by atoms with van der Waals surface area (Å²) in [5, 5.41) is 7.60. The Bertz CT molecular complexity index is 1280. The van der Waals surface area contributed by atoms with Crippen molar-refractivity contribution in [2.24, 2.45) is 0 Å². The maximum absolute atomic E-state index is 12.7. The Hall–Kier alpha value is -3.58. The second-order valence-electron chi connectivity index (χ2n) is 7.51. The third-order valence-corrected chi connectivity index (χ3v) is 4.86. The third kappa shape index (κ3) is 3.92. The lowest BCUT2D eigenvalue weighted by Crippen LogP contribution is -2.31. The largest absolute Gasteiger partial charge is 0.351 e. The van der Waals surface area contributed by atoms with E-state index in [0.717, 1.165) is 34.0 Å². The molecule has 0 aliphatic carbocycles. The molecule has 0 spiro atoms. The van der Waals surface area contributed by atoms with Gasteiger partial charge < -0.3 is 15.5 Å². The van der Waals surface area contributed by atoms with Gasteiger partial charge in [0.1, 0.15) is 5.52 Å². The Kier molecular flexibility index (Phi) is 5.29. The number of hydrogen-bond acceptors (Lipinski definition) is 5. The van der Waals surface area contributed by atoms with Gasteiger partial charge in [0.2, 0.25) is 5.91 Å². The first-order chi connectivity index (χ1) is 14.4. The molecule has 4 aromatic rings. The molecule has 0 atom stereocenters. The van der Waals surface area contributed by atoms with E-state index in [2.05, 4.69) is 10.6 Å². The van der Waals surface area contributed by atoms with Crippen LogP contribution in [0.5, 0.6) is 0 Å². The number of benzene rings is 3. The van der Waals surface area contributed by atoms with Crippen LogP contribution in [0.15, 0.2) is 48.5 Å². The zero-order chi connectivity index (χ0) is 21.3. The summed E-state index contributed by atoms with van der Waals surface area (Å²) in [6, 6.07) is 15.0. The zero-order valence-electron chi connectivity index (χ0n) is 17.2. The van der Waals surface area contributed by atoms with Crippen LogP contribution in [0.1, 0.15) is 17.3 Å². The van der Waals surface area contributed by atoms with Gasteiger partial charge in [0.05, 0.1) is 22.1 Å². The number of fused-ring (bicyclic) bond motifs is 4. The quantitative estimate of drug-likeness (QED) is 0.396. The van der Waals surface area contributed by atoms with Crippen LogP contribution in [0.4, 0.5) is 5.69 Å². The molecule has 0 bridgehead atoms. The van der Waals surface area contributed by atoms with Crippen molar-refractivity contribution in [2.45, 2.75) is 6.92 Å². The molecule has 2 N–H and O–H groups in total. The number of nitrogens with one attached hydrogen (secondary N) is 2. The number of likely N-dealkylation sites (N-methyl/N-ethyl adjacent to an activating group) is 1. The smallest absolute Gasteiger partial charge is 0.253 e. The van der Waals surface area contributed by atoms with Crippen molar-refractivity contribution in [3.8, 4) is 0 Å². The lowest BCUT2D eigenvalue weighted by atomic mass is 10.1. The van der Waals surface area contributed by atoms with Crippen LogP contribution in [0.3, 0.4) is 0 Å². The summed E-state index contributed by atoms with van der Waals surface area (Å²) in [7, 11) is 3.92. The molecule has 1 aromatic heterocycles. The van der Waals surface area contributed by atoms with Crippen LogP contribution in [0.2, 0.25) is 0 Å². The van der Waals surface area contributed by atoms with E-state index in [9.17, 15) is 9.59 Å². The van der Waals surface area contributed by atoms with Crippen molar-refractivity contribution < 1.29 is 9.59 Å². The van der Waals surface area contributed by atoms with Crippen LogP contribution in [0.25, 0.3) is 32.8 Å². The summed E-state index contributed by atoms with van der Waals surface area (Å²) >= 11 is 0. The van der Waals surface area contributed by atoms with Gasteiger partial charge in [-0.15, -0.1) is 0 Å². The minimum Gasteiger partial charge on any atom is -0.351 e. The van der Waals surface area contributed by atoms with E-state index < -0.39 is 0 Å². The number of nitrogens with zero attached hydrogens (tertiary/aromatic N) is 3. The monoisotopic (exact) mass is 401 g/mol. The molecule has 0 fully saturated rings. The Labute approximate surface area is 174 Å². The normalized spacial score (nSPS) is 11.3. The molecule has 7 nitrogen and oxygen atoms in total. The molecule has 3 aromatic carbocycles. The Morgan fingerprint density at radius 1 is 0.967 bits per heavy atom. The van der Waals surface area contributed by atoms with E-state index in [1.807, 2.05) is 61.5 Å². The molecule has 0 aliphatic heterocycles. The van der Waals surface area contributed by atoms with Crippen LogP contribution < -0.4 is 10.6 Å².